The molecule has 4 heteroatoms. The maximum absolute atomic E-state index is 12.3. The molecule has 4 nitrogen and oxygen atoms in total. The molecule has 0 spiro atoms. The SMILES string of the molecule is COc1cccc(CO[C@@H]2C[C@]3(C(C)C)O[C@@]2(C)CC3=O)c1. The van der Waals surface area contributed by atoms with Gasteiger partial charge in [-0.25, -0.2) is 0 Å². The second kappa shape index (κ2) is 5.36. The lowest BCUT2D eigenvalue weighted by Gasteiger charge is -2.30. The normalized spacial score (nSPS) is 33.7. The first kappa shape index (κ1) is 15.5. The highest BCUT2D eigenvalue weighted by atomic mass is 16.6. The standard InChI is InChI=1S/C18H24O4/c1-12(2)18-10-16(17(3,22-18)9-15(18)19)21-11-13-6-5-7-14(8-13)20-4/h5-8,12,16H,9-11H2,1-4H3/t16-,17+,18-/m1/s1. The molecule has 1 aromatic carbocycles. The molecule has 0 aromatic heterocycles. The van der Waals surface area contributed by atoms with E-state index >= 15 is 0 Å². The van der Waals surface area contributed by atoms with Crippen LogP contribution in [-0.4, -0.2) is 30.2 Å². The summed E-state index contributed by atoms with van der Waals surface area (Å²) in [7, 11) is 1.66. The molecule has 0 N–H and O–H groups in total. The summed E-state index contributed by atoms with van der Waals surface area (Å²) in [4.78, 5) is 12.3. The van der Waals surface area contributed by atoms with Crippen molar-refractivity contribution in [1.82, 2.24) is 0 Å². The fraction of sp³-hybridized carbons (Fsp3) is 0.611. The third-order valence-corrected chi connectivity index (χ3v) is 5.09. The molecular weight excluding hydrogens is 280 g/mol. The minimum absolute atomic E-state index is 0.0428. The molecule has 120 valence electrons. The maximum Gasteiger partial charge on any atom is 0.167 e. The zero-order valence-corrected chi connectivity index (χ0v) is 13.7. The van der Waals surface area contributed by atoms with Gasteiger partial charge in [0.15, 0.2) is 5.78 Å². The summed E-state index contributed by atoms with van der Waals surface area (Å²) in [5.41, 5.74) is -0.0655. The summed E-state index contributed by atoms with van der Waals surface area (Å²) in [5.74, 6) is 1.23. The largest absolute Gasteiger partial charge is 0.497 e. The van der Waals surface area contributed by atoms with Gasteiger partial charge in [-0.3, -0.25) is 4.79 Å². The predicted molar refractivity (Wildman–Crippen MR) is 82.9 cm³/mol. The Hall–Kier alpha value is -1.39. The van der Waals surface area contributed by atoms with Gasteiger partial charge in [-0.15, -0.1) is 0 Å². The van der Waals surface area contributed by atoms with E-state index in [-0.39, 0.29) is 17.8 Å². The van der Waals surface area contributed by atoms with Gasteiger partial charge in [-0.1, -0.05) is 26.0 Å². The van der Waals surface area contributed by atoms with Crippen molar-refractivity contribution in [3.8, 4) is 5.75 Å². The van der Waals surface area contributed by atoms with Crippen molar-refractivity contribution in [2.24, 2.45) is 5.92 Å². The molecule has 2 saturated heterocycles. The quantitative estimate of drug-likeness (QED) is 0.838. The fourth-order valence-corrected chi connectivity index (χ4v) is 3.67. The van der Waals surface area contributed by atoms with Gasteiger partial charge < -0.3 is 14.2 Å². The number of ketones is 1. The molecule has 2 aliphatic heterocycles. The van der Waals surface area contributed by atoms with Gasteiger partial charge in [0.05, 0.1) is 25.4 Å². The highest BCUT2D eigenvalue weighted by Crippen LogP contribution is 2.53. The van der Waals surface area contributed by atoms with E-state index in [1.54, 1.807) is 7.11 Å². The van der Waals surface area contributed by atoms with E-state index in [1.165, 1.54) is 0 Å². The minimum Gasteiger partial charge on any atom is -0.497 e. The van der Waals surface area contributed by atoms with E-state index in [0.717, 1.165) is 11.3 Å². The molecule has 0 saturated carbocycles. The van der Waals surface area contributed by atoms with Crippen molar-refractivity contribution in [1.29, 1.82) is 0 Å². The molecule has 1 aromatic rings. The van der Waals surface area contributed by atoms with Crippen molar-refractivity contribution in [3.63, 3.8) is 0 Å². The number of carbonyl (C=O) groups is 1. The van der Waals surface area contributed by atoms with Crippen LogP contribution in [-0.2, 0) is 20.9 Å². The van der Waals surface area contributed by atoms with E-state index in [4.69, 9.17) is 14.2 Å². The average molecular weight is 304 g/mol. The lowest BCUT2D eigenvalue weighted by atomic mass is 9.74. The summed E-state index contributed by atoms with van der Waals surface area (Å²) in [6.07, 6.45) is 1.07. The Morgan fingerprint density at radius 3 is 2.82 bits per heavy atom. The fourth-order valence-electron chi connectivity index (χ4n) is 3.67. The van der Waals surface area contributed by atoms with Crippen LogP contribution < -0.4 is 4.74 Å². The number of methoxy groups -OCH3 is 1. The summed E-state index contributed by atoms with van der Waals surface area (Å²) in [5, 5.41) is 0. The molecule has 2 bridgehead atoms. The van der Waals surface area contributed by atoms with Gasteiger partial charge in [-0.05, 0) is 30.5 Å². The molecule has 3 rings (SSSR count). The summed E-state index contributed by atoms with van der Waals surface area (Å²) in [6, 6.07) is 7.86. The number of hydrogen-bond donors (Lipinski definition) is 0. The molecule has 3 atom stereocenters. The van der Waals surface area contributed by atoms with Crippen LogP contribution in [0.4, 0.5) is 0 Å². The summed E-state index contributed by atoms with van der Waals surface area (Å²) in [6.45, 7) is 6.60. The second-order valence-corrected chi connectivity index (χ2v) is 6.91. The van der Waals surface area contributed by atoms with Crippen LogP contribution >= 0.6 is 0 Å². The summed E-state index contributed by atoms with van der Waals surface area (Å²) >= 11 is 0. The number of carbonyl (C=O) groups excluding carboxylic acids is 1. The molecule has 0 amide bonds. The minimum atomic E-state index is -0.645. The summed E-state index contributed by atoms with van der Waals surface area (Å²) < 4.78 is 17.5. The average Bonchev–Trinajstić information content (AvgIpc) is 2.93. The monoisotopic (exact) mass is 304 g/mol. The van der Waals surface area contributed by atoms with Crippen LogP contribution in [0.1, 0.15) is 39.2 Å². The van der Waals surface area contributed by atoms with Crippen LogP contribution in [0.2, 0.25) is 0 Å². The number of fused-ring (bicyclic) bond motifs is 2. The van der Waals surface area contributed by atoms with Gasteiger partial charge in [0.2, 0.25) is 0 Å². The first-order valence-corrected chi connectivity index (χ1v) is 7.88. The molecule has 2 heterocycles. The Kier molecular flexibility index (Phi) is 3.77. The van der Waals surface area contributed by atoms with Crippen LogP contribution in [0.3, 0.4) is 0 Å². The molecule has 22 heavy (non-hydrogen) atoms. The Balaban J connectivity index is 1.71. The Morgan fingerprint density at radius 2 is 2.18 bits per heavy atom. The first-order chi connectivity index (χ1) is 10.4. The van der Waals surface area contributed by atoms with Crippen LogP contribution in [0.25, 0.3) is 0 Å². The number of Topliss-reactive ketones (excluding diaryl/α,β-unsaturated/α-hetero) is 1. The Bertz CT molecular complexity index is 582. The van der Waals surface area contributed by atoms with Crippen molar-refractivity contribution in [2.75, 3.05) is 7.11 Å². The van der Waals surface area contributed by atoms with Crippen molar-refractivity contribution >= 4 is 5.78 Å². The second-order valence-electron chi connectivity index (χ2n) is 6.91. The first-order valence-electron chi connectivity index (χ1n) is 7.88. The van der Waals surface area contributed by atoms with E-state index < -0.39 is 11.2 Å². The van der Waals surface area contributed by atoms with E-state index in [2.05, 4.69) is 0 Å². The molecule has 0 unspecified atom stereocenters. The van der Waals surface area contributed by atoms with Crippen molar-refractivity contribution < 1.29 is 19.0 Å². The zero-order chi connectivity index (χ0) is 16.0. The number of rotatable bonds is 5. The number of ether oxygens (including phenoxy) is 3. The van der Waals surface area contributed by atoms with E-state index in [9.17, 15) is 4.79 Å². The van der Waals surface area contributed by atoms with Crippen molar-refractivity contribution in [2.45, 2.75) is 57.5 Å². The Labute approximate surface area is 131 Å². The van der Waals surface area contributed by atoms with Gasteiger partial charge in [0.1, 0.15) is 11.4 Å². The van der Waals surface area contributed by atoms with E-state index in [0.29, 0.717) is 19.4 Å². The predicted octanol–water partition coefficient (Wildman–Crippen LogP) is 3.13. The molecule has 0 aliphatic carbocycles. The third kappa shape index (κ3) is 2.34. The zero-order valence-electron chi connectivity index (χ0n) is 13.7. The molecular formula is C18H24O4. The highest BCUT2D eigenvalue weighted by molar-refractivity contribution is 5.92. The smallest absolute Gasteiger partial charge is 0.167 e. The van der Waals surface area contributed by atoms with Gasteiger partial charge in [-0.2, -0.15) is 0 Å². The van der Waals surface area contributed by atoms with Gasteiger partial charge >= 0.3 is 0 Å². The lowest BCUT2D eigenvalue weighted by molar-refractivity contribution is -0.136. The van der Waals surface area contributed by atoms with E-state index in [1.807, 2.05) is 45.0 Å². The van der Waals surface area contributed by atoms with Gasteiger partial charge in [0, 0.05) is 12.8 Å². The number of hydrogen-bond acceptors (Lipinski definition) is 4. The number of benzene rings is 1. The lowest BCUT2D eigenvalue weighted by Crippen LogP contribution is -2.44. The van der Waals surface area contributed by atoms with Crippen LogP contribution in [0.15, 0.2) is 24.3 Å². The maximum atomic E-state index is 12.3. The topological polar surface area (TPSA) is 44.8 Å². The van der Waals surface area contributed by atoms with Crippen LogP contribution in [0, 0.1) is 5.92 Å². The van der Waals surface area contributed by atoms with Crippen LogP contribution in [0.5, 0.6) is 5.75 Å². The molecule has 2 fully saturated rings. The third-order valence-electron chi connectivity index (χ3n) is 5.09. The highest BCUT2D eigenvalue weighted by Gasteiger charge is 2.65. The van der Waals surface area contributed by atoms with Crippen molar-refractivity contribution in [3.05, 3.63) is 29.8 Å². The molecule has 0 radical (unpaired) electrons. The Morgan fingerprint density at radius 1 is 1.41 bits per heavy atom. The van der Waals surface area contributed by atoms with Gasteiger partial charge in [0.25, 0.3) is 0 Å². The molecule has 2 aliphatic rings.